The highest BCUT2D eigenvalue weighted by Crippen LogP contribution is 2.37. The van der Waals surface area contributed by atoms with Crippen LogP contribution in [0.25, 0.3) is 0 Å². The average molecular weight is 623 g/mol. The van der Waals surface area contributed by atoms with Gasteiger partial charge in [0.25, 0.3) is 5.91 Å². The number of aromatic nitrogens is 3. The van der Waals surface area contributed by atoms with Gasteiger partial charge in [-0.15, -0.1) is 0 Å². The number of benzene rings is 2. The second-order valence-electron chi connectivity index (χ2n) is 12.1. The number of rotatable bonds is 10. The standard InChI is InChI=1S/C36H42N6O4/c1-25(2)46-34-30(33(44-3)38-36(39-34)45-4)23-40-21-29-22-41(35(43)28-16-11-17-37-20-28)18-19-42(29)31(24-40)32(26-12-7-5-8-13-26)27-14-9-6-10-15-27/h5-17,20,25,29,31-32H,18-19,21-24H2,1-4H3. The van der Waals surface area contributed by atoms with Gasteiger partial charge in [0.15, 0.2) is 0 Å². The minimum Gasteiger partial charge on any atom is -0.481 e. The molecule has 0 bridgehead atoms. The maximum absolute atomic E-state index is 13.6. The van der Waals surface area contributed by atoms with Gasteiger partial charge in [0.05, 0.1) is 31.5 Å². The molecule has 2 fully saturated rings. The topological polar surface area (TPSA) is 93.2 Å². The Bertz CT molecular complexity index is 1550. The van der Waals surface area contributed by atoms with Crippen molar-refractivity contribution in [1.29, 1.82) is 0 Å². The third kappa shape index (κ3) is 6.83. The molecule has 2 aliphatic rings. The number of hydrogen-bond donors (Lipinski definition) is 0. The third-order valence-electron chi connectivity index (χ3n) is 8.78. The first-order valence-corrected chi connectivity index (χ1v) is 15.9. The van der Waals surface area contributed by atoms with E-state index in [0.717, 1.165) is 25.2 Å². The maximum atomic E-state index is 13.6. The van der Waals surface area contributed by atoms with Gasteiger partial charge in [0.1, 0.15) is 0 Å². The molecule has 0 spiro atoms. The monoisotopic (exact) mass is 622 g/mol. The van der Waals surface area contributed by atoms with E-state index in [0.29, 0.717) is 37.0 Å². The Morgan fingerprint density at radius 2 is 1.54 bits per heavy atom. The molecule has 46 heavy (non-hydrogen) atoms. The van der Waals surface area contributed by atoms with E-state index in [4.69, 9.17) is 14.2 Å². The molecule has 0 aliphatic carbocycles. The van der Waals surface area contributed by atoms with Crippen LogP contribution >= 0.6 is 0 Å². The molecule has 2 aliphatic heterocycles. The summed E-state index contributed by atoms with van der Waals surface area (Å²) in [6.45, 7) is 8.05. The van der Waals surface area contributed by atoms with Crippen LogP contribution in [0, 0.1) is 0 Å². The summed E-state index contributed by atoms with van der Waals surface area (Å²) in [4.78, 5) is 33.9. The molecular formula is C36H42N6O4. The lowest BCUT2D eigenvalue weighted by Gasteiger charge is -2.53. The summed E-state index contributed by atoms with van der Waals surface area (Å²) in [7, 11) is 3.14. The molecule has 0 N–H and O–H groups in total. The summed E-state index contributed by atoms with van der Waals surface area (Å²) in [6, 6.07) is 25.6. The van der Waals surface area contributed by atoms with Gasteiger partial charge in [-0.1, -0.05) is 60.7 Å². The van der Waals surface area contributed by atoms with Crippen molar-refractivity contribution < 1.29 is 19.0 Å². The van der Waals surface area contributed by atoms with Crippen LogP contribution in [-0.2, 0) is 6.54 Å². The fourth-order valence-corrected chi connectivity index (χ4v) is 6.82. The Balaban J connectivity index is 1.38. The Morgan fingerprint density at radius 3 is 2.15 bits per heavy atom. The molecule has 2 aromatic heterocycles. The smallest absolute Gasteiger partial charge is 0.322 e. The molecule has 2 aromatic carbocycles. The van der Waals surface area contributed by atoms with Crippen LogP contribution in [0.4, 0.5) is 0 Å². The lowest BCUT2D eigenvalue weighted by atomic mass is 9.81. The number of fused-ring (bicyclic) bond motifs is 1. The van der Waals surface area contributed by atoms with Crippen LogP contribution in [0.2, 0.25) is 0 Å². The average Bonchev–Trinajstić information content (AvgIpc) is 3.09. The van der Waals surface area contributed by atoms with Crippen LogP contribution in [-0.4, -0.2) is 101 Å². The van der Waals surface area contributed by atoms with E-state index in [1.54, 1.807) is 19.5 Å². The van der Waals surface area contributed by atoms with E-state index in [9.17, 15) is 4.79 Å². The minimum atomic E-state index is -0.0985. The highest BCUT2D eigenvalue weighted by Gasteiger charge is 2.43. The van der Waals surface area contributed by atoms with Crippen LogP contribution in [0.3, 0.4) is 0 Å². The van der Waals surface area contributed by atoms with E-state index < -0.39 is 0 Å². The van der Waals surface area contributed by atoms with Gasteiger partial charge >= 0.3 is 6.01 Å². The fraction of sp³-hybridized carbons (Fsp3) is 0.389. The fourth-order valence-electron chi connectivity index (χ4n) is 6.82. The Kier molecular flexibility index (Phi) is 9.75. The van der Waals surface area contributed by atoms with E-state index >= 15 is 0 Å². The molecule has 2 saturated heterocycles. The zero-order chi connectivity index (χ0) is 32.0. The molecule has 6 rings (SSSR count). The first-order valence-electron chi connectivity index (χ1n) is 15.9. The second-order valence-corrected chi connectivity index (χ2v) is 12.1. The predicted molar refractivity (Wildman–Crippen MR) is 175 cm³/mol. The van der Waals surface area contributed by atoms with Gasteiger partial charge in [-0.2, -0.15) is 9.97 Å². The molecule has 1 amide bonds. The number of hydrogen-bond acceptors (Lipinski definition) is 9. The van der Waals surface area contributed by atoms with Crippen LogP contribution < -0.4 is 14.2 Å². The van der Waals surface area contributed by atoms with Gasteiger partial charge < -0.3 is 19.1 Å². The molecule has 0 saturated carbocycles. The summed E-state index contributed by atoms with van der Waals surface area (Å²) in [5.41, 5.74) is 3.92. The molecule has 4 heterocycles. The van der Waals surface area contributed by atoms with E-state index in [-0.39, 0.29) is 36.0 Å². The highest BCUT2D eigenvalue weighted by atomic mass is 16.5. The van der Waals surface area contributed by atoms with Gasteiger partial charge in [0, 0.05) is 69.7 Å². The number of piperazine rings is 2. The van der Waals surface area contributed by atoms with Crippen molar-refractivity contribution in [3.05, 3.63) is 107 Å². The van der Waals surface area contributed by atoms with Gasteiger partial charge in [-0.25, -0.2) is 0 Å². The largest absolute Gasteiger partial charge is 0.481 e. The summed E-state index contributed by atoms with van der Waals surface area (Å²) in [6.07, 6.45) is 3.25. The van der Waals surface area contributed by atoms with Crippen molar-refractivity contribution in [2.45, 2.75) is 44.5 Å². The number of carbonyl (C=O) groups is 1. The molecule has 2 unspecified atom stereocenters. The number of amides is 1. The van der Waals surface area contributed by atoms with Crippen LogP contribution in [0.1, 0.15) is 46.8 Å². The van der Waals surface area contributed by atoms with E-state index in [1.807, 2.05) is 30.9 Å². The van der Waals surface area contributed by atoms with Crippen molar-refractivity contribution >= 4 is 5.91 Å². The second kappa shape index (κ2) is 14.3. The molecular weight excluding hydrogens is 580 g/mol. The molecule has 240 valence electrons. The zero-order valence-electron chi connectivity index (χ0n) is 27.0. The Hall–Kier alpha value is -4.54. The lowest BCUT2D eigenvalue weighted by molar-refractivity contribution is -0.0293. The van der Waals surface area contributed by atoms with E-state index in [2.05, 4.69) is 85.4 Å². The van der Waals surface area contributed by atoms with E-state index in [1.165, 1.54) is 18.2 Å². The highest BCUT2D eigenvalue weighted by molar-refractivity contribution is 5.94. The summed E-state index contributed by atoms with van der Waals surface area (Å²) in [5, 5.41) is 0. The molecule has 10 nitrogen and oxygen atoms in total. The normalized spacial score (nSPS) is 18.8. The lowest BCUT2D eigenvalue weighted by Crippen LogP contribution is -2.67. The molecule has 10 heteroatoms. The third-order valence-corrected chi connectivity index (χ3v) is 8.78. The molecule has 4 aromatic rings. The van der Waals surface area contributed by atoms with Gasteiger partial charge in [0.2, 0.25) is 11.8 Å². The van der Waals surface area contributed by atoms with Gasteiger partial charge in [-0.3, -0.25) is 19.6 Å². The number of methoxy groups -OCH3 is 2. The van der Waals surface area contributed by atoms with Crippen molar-refractivity contribution in [1.82, 2.24) is 29.7 Å². The summed E-state index contributed by atoms with van der Waals surface area (Å²) >= 11 is 0. The first kappa shape index (κ1) is 31.4. The zero-order valence-corrected chi connectivity index (χ0v) is 27.0. The predicted octanol–water partition coefficient (Wildman–Crippen LogP) is 4.52. The van der Waals surface area contributed by atoms with Crippen LogP contribution in [0.15, 0.2) is 85.2 Å². The first-order chi connectivity index (χ1) is 22.4. The van der Waals surface area contributed by atoms with Crippen molar-refractivity contribution in [2.75, 3.05) is 46.9 Å². The number of carbonyl (C=O) groups excluding carboxylic acids is 1. The molecule has 2 atom stereocenters. The minimum absolute atomic E-state index is 0.0157. The Morgan fingerprint density at radius 1 is 0.848 bits per heavy atom. The number of nitrogens with zero attached hydrogens (tertiary/aromatic N) is 6. The number of pyridine rings is 1. The van der Waals surface area contributed by atoms with Crippen molar-refractivity contribution in [2.24, 2.45) is 0 Å². The Labute approximate surface area is 271 Å². The maximum Gasteiger partial charge on any atom is 0.322 e. The molecule has 0 radical (unpaired) electrons. The summed E-state index contributed by atoms with van der Waals surface area (Å²) in [5.74, 6) is 1.02. The number of ether oxygens (including phenoxy) is 3. The SMILES string of the molecule is COc1nc(OC)c(CN2CC3CN(C(=O)c4cccnc4)CCN3C(C(c3ccccc3)c3ccccc3)C2)c(OC(C)C)n1. The van der Waals surface area contributed by atoms with Crippen molar-refractivity contribution in [3.63, 3.8) is 0 Å². The van der Waals surface area contributed by atoms with Crippen molar-refractivity contribution in [3.8, 4) is 17.8 Å². The summed E-state index contributed by atoms with van der Waals surface area (Å²) < 4.78 is 17.3. The van der Waals surface area contributed by atoms with Crippen LogP contribution in [0.5, 0.6) is 17.8 Å². The van der Waals surface area contributed by atoms with Gasteiger partial charge in [-0.05, 0) is 37.1 Å². The quantitative estimate of drug-likeness (QED) is 0.253.